The van der Waals surface area contributed by atoms with Crippen LogP contribution in [0.3, 0.4) is 0 Å². The maximum Gasteiger partial charge on any atom is 0.0440 e. The van der Waals surface area contributed by atoms with Gasteiger partial charge in [0.15, 0.2) is 0 Å². The lowest BCUT2D eigenvalue weighted by atomic mass is 10.0. The highest BCUT2D eigenvalue weighted by molar-refractivity contribution is 5.61. The van der Waals surface area contributed by atoms with Crippen LogP contribution in [0.15, 0.2) is 47.7 Å². The number of aryl methyl sites for hydroxylation is 1. The minimum Gasteiger partial charge on any atom is -0.344 e. The fourth-order valence-corrected chi connectivity index (χ4v) is 2.58. The summed E-state index contributed by atoms with van der Waals surface area (Å²) in [5, 5.41) is 0. The molecule has 0 saturated heterocycles. The summed E-state index contributed by atoms with van der Waals surface area (Å²) in [6, 6.07) is 8.73. The standard InChI is InChI=1S/C16H21N/c1-4-8-15-13(5-2)11-12-14-9-6-7-10-16(14)17(15)3/h4,6-10H,5,11-12H2,1-3H3/b8-4-. The Morgan fingerprint density at radius 1 is 1.24 bits per heavy atom. The van der Waals surface area contributed by atoms with Crippen molar-refractivity contribution in [2.75, 3.05) is 11.9 Å². The number of fused-ring (bicyclic) bond motifs is 1. The minimum atomic E-state index is 1.14. The van der Waals surface area contributed by atoms with Crippen LogP contribution in [-0.4, -0.2) is 7.05 Å². The average molecular weight is 227 g/mol. The number of anilines is 1. The first-order chi connectivity index (χ1) is 8.27. The Bertz CT molecular complexity index is 454. The van der Waals surface area contributed by atoms with E-state index in [1.165, 1.54) is 23.4 Å². The molecule has 0 amide bonds. The van der Waals surface area contributed by atoms with E-state index in [1.54, 1.807) is 5.57 Å². The predicted molar refractivity (Wildman–Crippen MR) is 75.3 cm³/mol. The van der Waals surface area contributed by atoms with E-state index in [0.717, 1.165) is 12.8 Å². The zero-order chi connectivity index (χ0) is 12.3. The molecule has 1 heterocycles. The lowest BCUT2D eigenvalue weighted by Crippen LogP contribution is -2.16. The number of hydrogen-bond donors (Lipinski definition) is 0. The third kappa shape index (κ3) is 2.28. The van der Waals surface area contributed by atoms with Gasteiger partial charge in [0.25, 0.3) is 0 Å². The van der Waals surface area contributed by atoms with Crippen molar-refractivity contribution >= 4 is 5.69 Å². The van der Waals surface area contributed by atoms with E-state index in [-0.39, 0.29) is 0 Å². The maximum absolute atomic E-state index is 2.33. The molecule has 17 heavy (non-hydrogen) atoms. The summed E-state index contributed by atoms with van der Waals surface area (Å²) < 4.78 is 0. The van der Waals surface area contributed by atoms with Gasteiger partial charge < -0.3 is 4.90 Å². The van der Waals surface area contributed by atoms with Gasteiger partial charge in [-0.2, -0.15) is 0 Å². The first-order valence-electron chi connectivity index (χ1n) is 6.44. The van der Waals surface area contributed by atoms with E-state index in [2.05, 4.69) is 62.2 Å². The fourth-order valence-electron chi connectivity index (χ4n) is 2.58. The van der Waals surface area contributed by atoms with Crippen LogP contribution in [0.25, 0.3) is 0 Å². The number of allylic oxidation sites excluding steroid dienone is 3. The molecule has 1 aromatic carbocycles. The molecule has 90 valence electrons. The van der Waals surface area contributed by atoms with E-state index < -0.39 is 0 Å². The maximum atomic E-state index is 2.33. The molecule has 1 heteroatoms. The molecule has 0 bridgehead atoms. The number of para-hydroxylation sites is 1. The van der Waals surface area contributed by atoms with Crippen LogP contribution < -0.4 is 4.90 Å². The molecule has 0 radical (unpaired) electrons. The molecule has 0 unspecified atom stereocenters. The van der Waals surface area contributed by atoms with Gasteiger partial charge in [0.2, 0.25) is 0 Å². The molecule has 0 aromatic heterocycles. The molecule has 0 saturated carbocycles. The number of hydrogen-bond acceptors (Lipinski definition) is 1. The molecule has 1 nitrogen and oxygen atoms in total. The zero-order valence-corrected chi connectivity index (χ0v) is 11.0. The highest BCUT2D eigenvalue weighted by Crippen LogP contribution is 2.32. The summed E-state index contributed by atoms with van der Waals surface area (Å²) in [7, 11) is 2.18. The van der Waals surface area contributed by atoms with Crippen molar-refractivity contribution in [3.05, 3.63) is 53.3 Å². The van der Waals surface area contributed by atoms with E-state index >= 15 is 0 Å². The molecule has 0 fully saturated rings. The van der Waals surface area contributed by atoms with Gasteiger partial charge in [-0.05, 0) is 49.5 Å². The van der Waals surface area contributed by atoms with E-state index in [0.29, 0.717) is 0 Å². The number of rotatable bonds is 2. The predicted octanol–water partition coefficient (Wildman–Crippen LogP) is 4.31. The highest BCUT2D eigenvalue weighted by atomic mass is 15.1. The van der Waals surface area contributed by atoms with Crippen molar-refractivity contribution in [1.29, 1.82) is 0 Å². The summed E-state index contributed by atoms with van der Waals surface area (Å²) in [5.41, 5.74) is 5.74. The third-order valence-electron chi connectivity index (χ3n) is 3.52. The van der Waals surface area contributed by atoms with Gasteiger partial charge in [0, 0.05) is 18.4 Å². The molecular formula is C16H21N. The van der Waals surface area contributed by atoms with Crippen molar-refractivity contribution in [3.63, 3.8) is 0 Å². The Morgan fingerprint density at radius 2 is 2.00 bits per heavy atom. The Balaban J connectivity index is 2.50. The van der Waals surface area contributed by atoms with Crippen molar-refractivity contribution in [2.45, 2.75) is 33.1 Å². The smallest absolute Gasteiger partial charge is 0.0440 e. The van der Waals surface area contributed by atoms with Crippen molar-refractivity contribution < 1.29 is 0 Å². The van der Waals surface area contributed by atoms with Crippen molar-refractivity contribution in [2.24, 2.45) is 0 Å². The fraction of sp³-hybridized carbons (Fsp3) is 0.375. The number of benzene rings is 1. The van der Waals surface area contributed by atoms with Crippen LogP contribution in [0.2, 0.25) is 0 Å². The quantitative estimate of drug-likeness (QED) is 0.727. The van der Waals surface area contributed by atoms with E-state index in [9.17, 15) is 0 Å². The lowest BCUT2D eigenvalue weighted by molar-refractivity contribution is 0.883. The third-order valence-corrected chi connectivity index (χ3v) is 3.52. The molecule has 1 aliphatic rings. The Labute approximate surface area is 104 Å². The van der Waals surface area contributed by atoms with E-state index in [4.69, 9.17) is 0 Å². The van der Waals surface area contributed by atoms with Crippen LogP contribution >= 0.6 is 0 Å². The van der Waals surface area contributed by atoms with Crippen LogP contribution in [-0.2, 0) is 6.42 Å². The molecule has 0 spiro atoms. The topological polar surface area (TPSA) is 3.24 Å². The van der Waals surface area contributed by atoms with E-state index in [1.807, 2.05) is 0 Å². The Kier molecular flexibility index (Phi) is 3.68. The molecule has 1 aromatic rings. The van der Waals surface area contributed by atoms with Crippen LogP contribution in [0, 0.1) is 0 Å². The average Bonchev–Trinajstić information content (AvgIpc) is 2.49. The van der Waals surface area contributed by atoms with Gasteiger partial charge in [-0.15, -0.1) is 0 Å². The van der Waals surface area contributed by atoms with Crippen LogP contribution in [0.5, 0.6) is 0 Å². The molecule has 1 aliphatic heterocycles. The molecule has 0 aliphatic carbocycles. The summed E-state index contributed by atoms with van der Waals surface area (Å²) in [4.78, 5) is 2.33. The van der Waals surface area contributed by atoms with Crippen molar-refractivity contribution in [1.82, 2.24) is 0 Å². The van der Waals surface area contributed by atoms with Gasteiger partial charge in [-0.1, -0.05) is 31.2 Å². The van der Waals surface area contributed by atoms with Crippen molar-refractivity contribution in [3.8, 4) is 0 Å². The second-order valence-electron chi connectivity index (χ2n) is 4.53. The zero-order valence-electron chi connectivity index (χ0n) is 11.0. The molecular weight excluding hydrogens is 206 g/mol. The van der Waals surface area contributed by atoms with Gasteiger partial charge >= 0.3 is 0 Å². The largest absolute Gasteiger partial charge is 0.344 e. The van der Waals surface area contributed by atoms with Gasteiger partial charge in [0.05, 0.1) is 0 Å². The second kappa shape index (κ2) is 5.22. The summed E-state index contributed by atoms with van der Waals surface area (Å²) in [6.07, 6.45) is 7.84. The van der Waals surface area contributed by atoms with Crippen LogP contribution in [0.4, 0.5) is 5.69 Å². The highest BCUT2D eigenvalue weighted by Gasteiger charge is 2.16. The molecule has 0 atom stereocenters. The first-order valence-corrected chi connectivity index (χ1v) is 6.44. The van der Waals surface area contributed by atoms with Gasteiger partial charge in [0.1, 0.15) is 0 Å². The Hall–Kier alpha value is -1.50. The van der Waals surface area contributed by atoms with Gasteiger partial charge in [-0.3, -0.25) is 0 Å². The second-order valence-corrected chi connectivity index (χ2v) is 4.53. The van der Waals surface area contributed by atoms with Crippen LogP contribution in [0.1, 0.15) is 32.3 Å². The molecule has 0 N–H and O–H groups in total. The summed E-state index contributed by atoms with van der Waals surface area (Å²) >= 11 is 0. The summed E-state index contributed by atoms with van der Waals surface area (Å²) in [6.45, 7) is 4.34. The summed E-state index contributed by atoms with van der Waals surface area (Å²) in [5.74, 6) is 0. The lowest BCUT2D eigenvalue weighted by Gasteiger charge is -2.23. The number of likely N-dealkylation sites (N-methyl/N-ethyl adjacent to an activating group) is 1. The first kappa shape index (κ1) is 12.0. The van der Waals surface area contributed by atoms with Gasteiger partial charge in [-0.25, -0.2) is 0 Å². The SMILES string of the molecule is C/C=C\C1=C(CC)CCc2ccccc2N1C. The molecule has 2 rings (SSSR count). The normalized spacial score (nSPS) is 16.3. The minimum absolute atomic E-state index is 1.14. The monoisotopic (exact) mass is 227 g/mol. The Morgan fingerprint density at radius 3 is 2.71 bits per heavy atom. The number of nitrogens with zero attached hydrogens (tertiary/aromatic N) is 1.